The van der Waals surface area contributed by atoms with Crippen molar-refractivity contribution in [2.24, 2.45) is 5.41 Å². The lowest BCUT2D eigenvalue weighted by molar-refractivity contribution is -0.121. The molecule has 25 heavy (non-hydrogen) atoms. The molecule has 3 rings (SSSR count). The topological polar surface area (TPSA) is 55.1 Å². The van der Waals surface area contributed by atoms with E-state index in [2.05, 4.69) is 17.2 Å². The zero-order valence-electron chi connectivity index (χ0n) is 14.3. The van der Waals surface area contributed by atoms with Gasteiger partial charge in [0.1, 0.15) is 11.6 Å². The molecule has 0 unspecified atom stereocenters. The van der Waals surface area contributed by atoms with Gasteiger partial charge in [-0.2, -0.15) is 0 Å². The quantitative estimate of drug-likeness (QED) is 0.849. The molecule has 134 valence electrons. The predicted octanol–water partition coefficient (Wildman–Crippen LogP) is 4.25. The summed E-state index contributed by atoms with van der Waals surface area (Å²) in [6.45, 7) is 2.90. The van der Waals surface area contributed by atoms with Crippen LogP contribution in [0.2, 0.25) is 0 Å². The minimum atomic E-state index is -0.703. The molecule has 1 aromatic heterocycles. The van der Waals surface area contributed by atoms with Crippen molar-refractivity contribution in [3.05, 3.63) is 41.9 Å². The van der Waals surface area contributed by atoms with Crippen molar-refractivity contribution < 1.29 is 18.0 Å². The van der Waals surface area contributed by atoms with Crippen LogP contribution >= 0.6 is 0 Å². The Labute approximate surface area is 145 Å². The lowest BCUT2D eigenvalue weighted by atomic mass is 9.89. The number of aromatic nitrogens is 1. The zero-order chi connectivity index (χ0) is 17.9. The summed E-state index contributed by atoms with van der Waals surface area (Å²) in [6.07, 6.45) is 6.76. The van der Waals surface area contributed by atoms with Crippen molar-refractivity contribution in [1.29, 1.82) is 0 Å². The van der Waals surface area contributed by atoms with Crippen molar-refractivity contribution in [2.45, 2.75) is 45.4 Å². The van der Waals surface area contributed by atoms with Crippen LogP contribution < -0.4 is 5.32 Å². The Bertz CT molecular complexity index is 752. The molecule has 1 saturated carbocycles. The van der Waals surface area contributed by atoms with E-state index in [9.17, 15) is 13.6 Å². The Morgan fingerprint density at radius 3 is 2.80 bits per heavy atom. The number of nitrogens with zero attached hydrogens (tertiary/aromatic N) is 1. The van der Waals surface area contributed by atoms with Crippen molar-refractivity contribution in [1.82, 2.24) is 10.3 Å². The average molecular weight is 348 g/mol. The molecule has 1 fully saturated rings. The van der Waals surface area contributed by atoms with Crippen LogP contribution in [0, 0.1) is 17.0 Å². The Morgan fingerprint density at radius 1 is 1.32 bits per heavy atom. The lowest BCUT2D eigenvalue weighted by Gasteiger charge is -2.23. The normalized spacial score (nSPS) is 16.1. The van der Waals surface area contributed by atoms with Crippen molar-refractivity contribution in [2.75, 3.05) is 6.54 Å². The van der Waals surface area contributed by atoms with Crippen LogP contribution in [0.25, 0.3) is 11.3 Å². The molecular formula is C19H22F2N2O2. The first-order chi connectivity index (χ1) is 12.0. The van der Waals surface area contributed by atoms with Gasteiger partial charge in [0, 0.05) is 25.5 Å². The third-order valence-electron chi connectivity index (χ3n) is 4.84. The van der Waals surface area contributed by atoms with E-state index < -0.39 is 11.6 Å². The number of hydrogen-bond donors (Lipinski definition) is 1. The molecule has 0 spiro atoms. The summed E-state index contributed by atoms with van der Waals surface area (Å²) in [5.41, 5.74) is 0.366. The Morgan fingerprint density at radius 2 is 2.08 bits per heavy atom. The molecule has 1 amide bonds. The number of benzene rings is 1. The summed E-state index contributed by atoms with van der Waals surface area (Å²) in [7, 11) is 0. The molecular weight excluding hydrogens is 326 g/mol. The van der Waals surface area contributed by atoms with Gasteiger partial charge >= 0.3 is 0 Å². The van der Waals surface area contributed by atoms with Crippen molar-refractivity contribution in [3.8, 4) is 11.3 Å². The summed E-state index contributed by atoms with van der Waals surface area (Å²) in [4.78, 5) is 16.1. The van der Waals surface area contributed by atoms with Gasteiger partial charge in [0.15, 0.2) is 11.7 Å². The van der Waals surface area contributed by atoms with Gasteiger partial charge in [-0.3, -0.25) is 4.79 Å². The van der Waals surface area contributed by atoms with E-state index in [0.717, 1.165) is 25.0 Å². The van der Waals surface area contributed by atoms with Crippen LogP contribution in [0.5, 0.6) is 0 Å². The van der Waals surface area contributed by atoms with Gasteiger partial charge < -0.3 is 9.73 Å². The van der Waals surface area contributed by atoms with E-state index in [1.807, 2.05) is 0 Å². The smallest absolute Gasteiger partial charge is 0.220 e. The van der Waals surface area contributed by atoms with Crippen LogP contribution in [0.1, 0.15) is 44.9 Å². The SMILES string of the molecule is CC1(CNC(=O)CCc2ncc(-c3ccc(F)cc3F)o2)CCCC1. The highest BCUT2D eigenvalue weighted by Crippen LogP contribution is 2.36. The maximum Gasteiger partial charge on any atom is 0.220 e. The van der Waals surface area contributed by atoms with E-state index in [-0.39, 0.29) is 29.1 Å². The molecule has 0 radical (unpaired) electrons. The van der Waals surface area contributed by atoms with Gasteiger partial charge in [-0.15, -0.1) is 0 Å². The third kappa shape index (κ3) is 4.44. The van der Waals surface area contributed by atoms with Gasteiger partial charge in [-0.05, 0) is 30.4 Å². The standard InChI is InChI=1S/C19H22F2N2O2/c1-19(8-2-3-9-19)12-23-17(24)6-7-18-22-11-16(25-18)14-5-4-13(20)10-15(14)21/h4-5,10-11H,2-3,6-9,12H2,1H3,(H,23,24). The van der Waals surface area contributed by atoms with Crippen molar-refractivity contribution in [3.63, 3.8) is 0 Å². The maximum atomic E-state index is 13.8. The number of halogens is 2. The Hall–Kier alpha value is -2.24. The van der Waals surface area contributed by atoms with E-state index in [4.69, 9.17) is 4.42 Å². The lowest BCUT2D eigenvalue weighted by Crippen LogP contribution is -2.34. The molecule has 4 nitrogen and oxygen atoms in total. The minimum Gasteiger partial charge on any atom is -0.441 e. The fourth-order valence-electron chi connectivity index (χ4n) is 3.27. The van der Waals surface area contributed by atoms with Crippen LogP contribution in [0.4, 0.5) is 8.78 Å². The first kappa shape index (κ1) is 17.6. The summed E-state index contributed by atoms with van der Waals surface area (Å²) in [5, 5.41) is 2.98. The molecule has 0 saturated heterocycles. The highest BCUT2D eigenvalue weighted by molar-refractivity contribution is 5.76. The van der Waals surface area contributed by atoms with Gasteiger partial charge in [0.25, 0.3) is 0 Å². The third-order valence-corrected chi connectivity index (χ3v) is 4.84. The number of aryl methyl sites for hydroxylation is 1. The van der Waals surface area contributed by atoms with Crippen LogP contribution in [0.3, 0.4) is 0 Å². The Kier molecular flexibility index (Phi) is 5.16. The predicted molar refractivity (Wildman–Crippen MR) is 89.8 cm³/mol. The van der Waals surface area contributed by atoms with E-state index >= 15 is 0 Å². The largest absolute Gasteiger partial charge is 0.441 e. The molecule has 1 aromatic carbocycles. The second-order valence-corrected chi connectivity index (χ2v) is 7.04. The number of hydrogen-bond acceptors (Lipinski definition) is 3. The zero-order valence-corrected chi connectivity index (χ0v) is 14.3. The molecule has 1 aliphatic carbocycles. The number of nitrogens with one attached hydrogen (secondary N) is 1. The molecule has 1 aliphatic rings. The first-order valence-corrected chi connectivity index (χ1v) is 8.62. The summed E-state index contributed by atoms with van der Waals surface area (Å²) >= 11 is 0. The second-order valence-electron chi connectivity index (χ2n) is 7.04. The van der Waals surface area contributed by atoms with Gasteiger partial charge in [-0.1, -0.05) is 19.8 Å². The number of carbonyl (C=O) groups excluding carboxylic acids is 1. The van der Waals surface area contributed by atoms with Crippen LogP contribution in [-0.4, -0.2) is 17.4 Å². The average Bonchev–Trinajstić information content (AvgIpc) is 3.21. The van der Waals surface area contributed by atoms with E-state index in [0.29, 0.717) is 18.9 Å². The fourth-order valence-corrected chi connectivity index (χ4v) is 3.27. The monoisotopic (exact) mass is 348 g/mol. The van der Waals surface area contributed by atoms with Gasteiger partial charge in [0.2, 0.25) is 5.91 Å². The van der Waals surface area contributed by atoms with Gasteiger partial charge in [-0.25, -0.2) is 13.8 Å². The minimum absolute atomic E-state index is 0.0409. The highest BCUT2D eigenvalue weighted by atomic mass is 19.1. The van der Waals surface area contributed by atoms with E-state index in [1.165, 1.54) is 25.1 Å². The van der Waals surface area contributed by atoms with Crippen molar-refractivity contribution >= 4 is 5.91 Å². The molecule has 1 N–H and O–H groups in total. The number of rotatable bonds is 6. The first-order valence-electron chi connectivity index (χ1n) is 8.62. The molecule has 0 bridgehead atoms. The Balaban J connectivity index is 1.52. The molecule has 2 aromatic rings. The maximum absolute atomic E-state index is 13.8. The summed E-state index contributed by atoms with van der Waals surface area (Å²) in [5.74, 6) is -0.799. The molecule has 1 heterocycles. The molecule has 0 atom stereocenters. The van der Waals surface area contributed by atoms with Crippen LogP contribution in [-0.2, 0) is 11.2 Å². The summed E-state index contributed by atoms with van der Waals surface area (Å²) < 4.78 is 32.2. The highest BCUT2D eigenvalue weighted by Gasteiger charge is 2.28. The van der Waals surface area contributed by atoms with Gasteiger partial charge in [0.05, 0.1) is 11.8 Å². The number of oxazole rings is 1. The van der Waals surface area contributed by atoms with Crippen LogP contribution in [0.15, 0.2) is 28.8 Å². The molecule has 0 aliphatic heterocycles. The fraction of sp³-hybridized carbons (Fsp3) is 0.474. The molecule has 6 heteroatoms. The number of carbonyl (C=O) groups is 1. The second kappa shape index (κ2) is 7.33. The summed E-state index contributed by atoms with van der Waals surface area (Å²) in [6, 6.07) is 3.27. The van der Waals surface area contributed by atoms with E-state index in [1.54, 1.807) is 0 Å². The number of amides is 1.